The predicted molar refractivity (Wildman–Crippen MR) is 83.0 cm³/mol. The monoisotopic (exact) mass is 342 g/mol. The summed E-state index contributed by atoms with van der Waals surface area (Å²) < 4.78 is 37.6. The zero-order valence-corrected chi connectivity index (χ0v) is 14.1. The molecule has 1 fully saturated rings. The SMILES string of the molecule is Cc1cc(CS(=O)(=O)N2CC(C)OC(c3ccsc3)C2)on1. The molecule has 2 unspecified atom stereocenters. The number of ether oxygens (including phenoxy) is 1. The Balaban J connectivity index is 1.77. The van der Waals surface area contributed by atoms with Crippen LogP contribution in [-0.2, 0) is 20.5 Å². The van der Waals surface area contributed by atoms with Gasteiger partial charge >= 0.3 is 0 Å². The molecule has 3 heterocycles. The summed E-state index contributed by atoms with van der Waals surface area (Å²) in [5.74, 6) is 0.195. The summed E-state index contributed by atoms with van der Waals surface area (Å²) in [4.78, 5) is 0. The van der Waals surface area contributed by atoms with Crippen LogP contribution >= 0.6 is 11.3 Å². The molecule has 1 saturated heterocycles. The van der Waals surface area contributed by atoms with Crippen LogP contribution in [0.3, 0.4) is 0 Å². The van der Waals surface area contributed by atoms with E-state index in [4.69, 9.17) is 9.26 Å². The van der Waals surface area contributed by atoms with E-state index in [1.54, 1.807) is 24.3 Å². The van der Waals surface area contributed by atoms with E-state index in [1.807, 2.05) is 23.8 Å². The Morgan fingerprint density at radius 2 is 2.27 bits per heavy atom. The Labute approximate surface area is 133 Å². The van der Waals surface area contributed by atoms with Gasteiger partial charge in [-0.05, 0) is 36.2 Å². The minimum atomic E-state index is -3.46. The first kappa shape index (κ1) is 15.7. The van der Waals surface area contributed by atoms with Crippen LogP contribution in [0.2, 0.25) is 0 Å². The summed E-state index contributed by atoms with van der Waals surface area (Å²) in [5, 5.41) is 7.69. The summed E-state index contributed by atoms with van der Waals surface area (Å²) in [6.07, 6.45) is -0.369. The van der Waals surface area contributed by atoms with Gasteiger partial charge in [0.25, 0.3) is 0 Å². The number of rotatable bonds is 4. The van der Waals surface area contributed by atoms with Gasteiger partial charge in [0.15, 0.2) is 5.76 Å². The van der Waals surface area contributed by atoms with Crippen molar-refractivity contribution >= 4 is 21.4 Å². The van der Waals surface area contributed by atoms with Crippen molar-refractivity contribution in [2.45, 2.75) is 31.8 Å². The first-order chi connectivity index (χ1) is 10.4. The molecule has 0 spiro atoms. The fourth-order valence-corrected chi connectivity index (χ4v) is 4.72. The second-order valence-electron chi connectivity index (χ2n) is 5.50. The number of thiophene rings is 1. The van der Waals surface area contributed by atoms with Gasteiger partial charge in [0.2, 0.25) is 10.0 Å². The first-order valence-electron chi connectivity index (χ1n) is 7.01. The van der Waals surface area contributed by atoms with Crippen LogP contribution in [0.4, 0.5) is 0 Å². The highest BCUT2D eigenvalue weighted by Crippen LogP contribution is 2.29. The lowest BCUT2D eigenvalue weighted by molar-refractivity contribution is -0.0555. The van der Waals surface area contributed by atoms with Crippen LogP contribution in [0.25, 0.3) is 0 Å². The number of aromatic nitrogens is 1. The maximum absolute atomic E-state index is 12.6. The van der Waals surface area contributed by atoms with Gasteiger partial charge in [0, 0.05) is 19.2 Å². The normalized spacial score (nSPS) is 23.7. The lowest BCUT2D eigenvalue weighted by atomic mass is 10.1. The zero-order valence-electron chi connectivity index (χ0n) is 12.4. The van der Waals surface area contributed by atoms with E-state index in [9.17, 15) is 8.42 Å². The molecule has 0 aliphatic carbocycles. The zero-order chi connectivity index (χ0) is 15.7. The Morgan fingerprint density at radius 1 is 1.45 bits per heavy atom. The smallest absolute Gasteiger partial charge is 0.221 e. The van der Waals surface area contributed by atoms with Gasteiger partial charge in [0.1, 0.15) is 5.75 Å². The first-order valence-corrected chi connectivity index (χ1v) is 9.57. The van der Waals surface area contributed by atoms with Gasteiger partial charge in [0.05, 0.1) is 17.9 Å². The molecule has 3 rings (SSSR count). The van der Waals surface area contributed by atoms with Crippen molar-refractivity contribution < 1.29 is 17.7 Å². The Bertz CT molecular complexity index is 724. The van der Waals surface area contributed by atoms with E-state index in [0.29, 0.717) is 24.5 Å². The van der Waals surface area contributed by atoms with Crippen molar-refractivity contribution in [1.29, 1.82) is 0 Å². The standard InChI is InChI=1S/C14H18N2O4S2/c1-10-5-13(20-15-10)9-22(17,18)16-6-11(2)19-14(7-16)12-3-4-21-8-12/h3-5,8,11,14H,6-7,9H2,1-2H3. The average molecular weight is 342 g/mol. The van der Waals surface area contributed by atoms with E-state index < -0.39 is 10.0 Å². The molecule has 0 amide bonds. The van der Waals surface area contributed by atoms with Crippen LogP contribution < -0.4 is 0 Å². The molecule has 120 valence electrons. The Kier molecular flexibility index (Phi) is 4.35. The summed E-state index contributed by atoms with van der Waals surface area (Å²) in [6.45, 7) is 4.34. The molecular weight excluding hydrogens is 324 g/mol. The maximum Gasteiger partial charge on any atom is 0.221 e. The molecule has 0 saturated carbocycles. The molecule has 2 atom stereocenters. The predicted octanol–water partition coefficient (Wildman–Crippen LogP) is 2.34. The number of sulfonamides is 1. The highest BCUT2D eigenvalue weighted by atomic mass is 32.2. The van der Waals surface area contributed by atoms with Crippen LogP contribution in [-0.4, -0.2) is 37.1 Å². The second kappa shape index (κ2) is 6.11. The van der Waals surface area contributed by atoms with Gasteiger partial charge in [-0.3, -0.25) is 0 Å². The number of hydrogen-bond donors (Lipinski definition) is 0. The van der Waals surface area contributed by atoms with Crippen LogP contribution in [0, 0.1) is 6.92 Å². The number of aryl methyl sites for hydroxylation is 1. The molecule has 2 aromatic rings. The molecule has 0 bridgehead atoms. The summed E-state index contributed by atoms with van der Waals surface area (Å²) in [7, 11) is -3.46. The molecule has 1 aliphatic rings. The molecule has 2 aromatic heterocycles. The molecular formula is C14H18N2O4S2. The quantitative estimate of drug-likeness (QED) is 0.853. The van der Waals surface area contributed by atoms with Crippen molar-refractivity contribution in [2.24, 2.45) is 0 Å². The average Bonchev–Trinajstić information content (AvgIpc) is 3.09. The molecule has 0 aromatic carbocycles. The lowest BCUT2D eigenvalue weighted by Crippen LogP contribution is -2.46. The van der Waals surface area contributed by atoms with Gasteiger partial charge in [-0.15, -0.1) is 0 Å². The molecule has 22 heavy (non-hydrogen) atoms. The van der Waals surface area contributed by atoms with Gasteiger partial charge in [-0.2, -0.15) is 15.6 Å². The number of morpholine rings is 1. The van der Waals surface area contributed by atoms with Gasteiger partial charge in [-0.1, -0.05) is 5.16 Å². The Morgan fingerprint density at radius 3 is 2.91 bits per heavy atom. The number of nitrogens with zero attached hydrogens (tertiary/aromatic N) is 2. The molecule has 6 nitrogen and oxygen atoms in total. The van der Waals surface area contributed by atoms with Crippen LogP contribution in [0.15, 0.2) is 27.4 Å². The molecule has 0 N–H and O–H groups in total. The lowest BCUT2D eigenvalue weighted by Gasteiger charge is -2.35. The van der Waals surface area contributed by atoms with Crippen molar-refractivity contribution in [3.05, 3.63) is 39.9 Å². The van der Waals surface area contributed by atoms with E-state index in [-0.39, 0.29) is 18.0 Å². The minimum absolute atomic E-state index is 0.148. The highest BCUT2D eigenvalue weighted by molar-refractivity contribution is 7.88. The van der Waals surface area contributed by atoms with Crippen LogP contribution in [0.1, 0.15) is 30.0 Å². The molecule has 8 heteroatoms. The molecule has 1 aliphatic heterocycles. The van der Waals surface area contributed by atoms with Crippen molar-refractivity contribution in [3.63, 3.8) is 0 Å². The Hall–Kier alpha value is -1.22. The third kappa shape index (κ3) is 3.40. The fraction of sp³-hybridized carbons (Fsp3) is 0.500. The van der Waals surface area contributed by atoms with Gasteiger partial charge < -0.3 is 9.26 Å². The molecule has 0 radical (unpaired) electrons. The van der Waals surface area contributed by atoms with Crippen molar-refractivity contribution in [1.82, 2.24) is 9.46 Å². The van der Waals surface area contributed by atoms with E-state index in [1.165, 1.54) is 4.31 Å². The summed E-state index contributed by atoms with van der Waals surface area (Å²) in [6, 6.07) is 3.62. The minimum Gasteiger partial charge on any atom is -0.368 e. The van der Waals surface area contributed by atoms with E-state index in [0.717, 1.165) is 5.56 Å². The van der Waals surface area contributed by atoms with E-state index >= 15 is 0 Å². The van der Waals surface area contributed by atoms with Crippen LogP contribution in [0.5, 0.6) is 0 Å². The summed E-state index contributed by atoms with van der Waals surface area (Å²) in [5.41, 5.74) is 1.70. The third-order valence-corrected chi connectivity index (χ3v) is 5.97. The second-order valence-corrected chi connectivity index (χ2v) is 8.25. The number of hydrogen-bond acceptors (Lipinski definition) is 6. The maximum atomic E-state index is 12.6. The van der Waals surface area contributed by atoms with Gasteiger partial charge in [-0.25, -0.2) is 8.42 Å². The third-order valence-electron chi connectivity index (χ3n) is 3.54. The fourth-order valence-electron chi connectivity index (χ4n) is 2.54. The highest BCUT2D eigenvalue weighted by Gasteiger charge is 2.34. The largest absolute Gasteiger partial charge is 0.368 e. The van der Waals surface area contributed by atoms with Crippen molar-refractivity contribution in [3.8, 4) is 0 Å². The van der Waals surface area contributed by atoms with Crippen molar-refractivity contribution in [2.75, 3.05) is 13.1 Å². The van der Waals surface area contributed by atoms with E-state index in [2.05, 4.69) is 5.16 Å². The summed E-state index contributed by atoms with van der Waals surface area (Å²) >= 11 is 1.58. The topological polar surface area (TPSA) is 72.6 Å².